The molecule has 0 saturated heterocycles. The van der Waals surface area contributed by atoms with E-state index in [1.165, 1.54) is 0 Å². The van der Waals surface area contributed by atoms with Crippen LogP contribution in [-0.4, -0.2) is 75.7 Å². The monoisotopic (exact) mass is 435 g/mol. The average Bonchev–Trinajstić information content (AvgIpc) is 2.69. The van der Waals surface area contributed by atoms with Crippen molar-refractivity contribution in [3.8, 4) is 0 Å². The third kappa shape index (κ3) is 6.33. The second kappa shape index (κ2) is 11.9. The Morgan fingerprint density at radius 3 is 0.733 bits per heavy atom. The topological polar surface area (TPSA) is 94.1 Å². The smallest absolute Gasteiger partial charge is 0.160 e. The van der Waals surface area contributed by atoms with Crippen LogP contribution in [0.1, 0.15) is 41.5 Å². The van der Waals surface area contributed by atoms with E-state index in [1.807, 2.05) is 41.5 Å². The Morgan fingerprint density at radius 2 is 0.600 bits per heavy atom. The molecular weight excluding hydrogens is 396 g/mol. The van der Waals surface area contributed by atoms with Gasteiger partial charge in [0.1, 0.15) is 60.8 Å². The van der Waals surface area contributed by atoms with Gasteiger partial charge in [-0.2, -0.15) is 29.0 Å². The first-order chi connectivity index (χ1) is 14.2. The second-order valence-electron chi connectivity index (χ2n) is 6.28. The number of hydrogen-bond donors (Lipinski definition) is 0. The fraction of sp³-hybridized carbons (Fsp3) is 0.833. The first-order valence-corrected chi connectivity index (χ1v) is 10.4. The standard InChI is InChI=1S/C18H39N6O6/c1-10-25-22(7,26-11-2)16-19-17(23(8,27-12-3)28-13-4)21-18(20-16)24(9,29-14-5)30-15-6/h10-15H2,1-9H3/q+3. The van der Waals surface area contributed by atoms with Crippen molar-refractivity contribution in [2.24, 2.45) is 0 Å². The largest absolute Gasteiger partial charge is 0.410 e. The summed E-state index contributed by atoms with van der Waals surface area (Å²) in [4.78, 5) is 47.4. The zero-order valence-electron chi connectivity index (χ0n) is 19.9. The first kappa shape index (κ1) is 26.7. The van der Waals surface area contributed by atoms with Gasteiger partial charge in [0.25, 0.3) is 0 Å². The Hall–Kier alpha value is -1.35. The molecule has 1 aromatic heterocycles. The molecule has 1 heterocycles. The number of hydrogen-bond acceptors (Lipinski definition) is 9. The highest BCUT2D eigenvalue weighted by atomic mass is 17.0. The lowest BCUT2D eigenvalue weighted by Gasteiger charge is -2.29. The van der Waals surface area contributed by atoms with Gasteiger partial charge in [0.05, 0.1) is 0 Å². The summed E-state index contributed by atoms with van der Waals surface area (Å²) in [6.45, 7) is 13.4. The van der Waals surface area contributed by atoms with Crippen LogP contribution >= 0.6 is 0 Å². The van der Waals surface area contributed by atoms with Crippen molar-refractivity contribution >= 4 is 17.8 Å². The molecule has 0 amide bonds. The van der Waals surface area contributed by atoms with Crippen LogP contribution < -0.4 is 14.4 Å². The van der Waals surface area contributed by atoms with E-state index in [4.69, 9.17) is 29.0 Å². The zero-order chi connectivity index (χ0) is 22.8. The van der Waals surface area contributed by atoms with Crippen LogP contribution in [0.15, 0.2) is 0 Å². The van der Waals surface area contributed by atoms with Gasteiger partial charge in [-0.15, -0.1) is 0 Å². The molecule has 12 nitrogen and oxygen atoms in total. The van der Waals surface area contributed by atoms with Gasteiger partial charge < -0.3 is 0 Å². The lowest BCUT2D eigenvalue weighted by Crippen LogP contribution is -2.51. The lowest BCUT2D eigenvalue weighted by molar-refractivity contribution is -0.349. The summed E-state index contributed by atoms with van der Waals surface area (Å²) >= 11 is 0. The van der Waals surface area contributed by atoms with Crippen LogP contribution in [0.25, 0.3) is 0 Å². The van der Waals surface area contributed by atoms with Gasteiger partial charge in [0.15, 0.2) is 0 Å². The molecule has 174 valence electrons. The lowest BCUT2D eigenvalue weighted by atomic mass is 10.7. The Kier molecular flexibility index (Phi) is 10.6. The zero-order valence-corrected chi connectivity index (χ0v) is 19.9. The molecule has 0 fully saturated rings. The highest BCUT2D eigenvalue weighted by molar-refractivity contribution is 5.36. The predicted octanol–water partition coefficient (Wildman–Crippen LogP) is 2.39. The van der Waals surface area contributed by atoms with Gasteiger partial charge in [-0.1, -0.05) is 15.0 Å². The number of quaternary nitrogens is 3. The minimum atomic E-state index is -0.425. The Bertz CT molecular complexity index is 534. The predicted molar refractivity (Wildman–Crippen MR) is 113 cm³/mol. The molecule has 0 atom stereocenters. The van der Waals surface area contributed by atoms with Crippen molar-refractivity contribution in [1.29, 1.82) is 0 Å². The molecule has 0 aliphatic rings. The molecule has 30 heavy (non-hydrogen) atoms. The molecule has 0 bridgehead atoms. The van der Waals surface area contributed by atoms with Gasteiger partial charge in [0, 0.05) is 14.4 Å². The van der Waals surface area contributed by atoms with E-state index < -0.39 is 14.4 Å². The Balaban J connectivity index is 3.77. The van der Waals surface area contributed by atoms with E-state index >= 15 is 0 Å². The molecule has 0 unspecified atom stereocenters. The fourth-order valence-corrected chi connectivity index (χ4v) is 2.82. The maximum atomic E-state index is 5.82. The van der Waals surface area contributed by atoms with Gasteiger partial charge in [0.2, 0.25) is 0 Å². The Morgan fingerprint density at radius 1 is 0.433 bits per heavy atom. The first-order valence-electron chi connectivity index (χ1n) is 10.4. The van der Waals surface area contributed by atoms with E-state index in [-0.39, 0.29) is 17.8 Å². The summed E-state index contributed by atoms with van der Waals surface area (Å²) in [7, 11) is 5.11. The van der Waals surface area contributed by atoms with Crippen molar-refractivity contribution in [2.75, 3.05) is 60.8 Å². The molecule has 0 aromatic carbocycles. The quantitative estimate of drug-likeness (QED) is 0.304. The second-order valence-corrected chi connectivity index (χ2v) is 6.28. The molecule has 0 aliphatic carbocycles. The van der Waals surface area contributed by atoms with Crippen molar-refractivity contribution in [3.63, 3.8) is 0 Å². The van der Waals surface area contributed by atoms with Gasteiger partial charge in [-0.25, -0.2) is 0 Å². The molecule has 1 rings (SSSR count). The highest BCUT2D eigenvalue weighted by Gasteiger charge is 2.46. The van der Waals surface area contributed by atoms with E-state index in [2.05, 4.69) is 15.0 Å². The van der Waals surface area contributed by atoms with Crippen LogP contribution in [-0.2, 0) is 29.0 Å². The van der Waals surface area contributed by atoms with Gasteiger partial charge in [-0.05, 0) is 41.5 Å². The minimum absolute atomic E-state index is 0.200. The number of hydroxylamine groups is 6. The molecule has 1 aromatic rings. The fourth-order valence-electron chi connectivity index (χ4n) is 2.82. The summed E-state index contributed by atoms with van der Waals surface area (Å²) in [5, 5.41) is 0. The van der Waals surface area contributed by atoms with Crippen molar-refractivity contribution in [2.45, 2.75) is 41.5 Å². The van der Waals surface area contributed by atoms with E-state index in [1.54, 1.807) is 21.1 Å². The van der Waals surface area contributed by atoms with Crippen LogP contribution in [0.4, 0.5) is 17.8 Å². The molecular formula is C18H39N6O6+3. The van der Waals surface area contributed by atoms with E-state index in [0.717, 1.165) is 0 Å². The van der Waals surface area contributed by atoms with Crippen molar-refractivity contribution < 1.29 is 29.0 Å². The van der Waals surface area contributed by atoms with E-state index in [0.29, 0.717) is 39.6 Å². The summed E-state index contributed by atoms with van der Waals surface area (Å²) < 4.78 is 0. The molecule has 0 spiro atoms. The van der Waals surface area contributed by atoms with Crippen LogP contribution in [0, 0.1) is 0 Å². The molecule has 0 saturated carbocycles. The maximum absolute atomic E-state index is 5.82. The maximum Gasteiger partial charge on any atom is 0.410 e. The highest BCUT2D eigenvalue weighted by Crippen LogP contribution is 2.29. The number of nitrogens with zero attached hydrogens (tertiary/aromatic N) is 6. The summed E-state index contributed by atoms with van der Waals surface area (Å²) in [5.74, 6) is 0.601. The third-order valence-electron chi connectivity index (χ3n) is 3.94. The van der Waals surface area contributed by atoms with Crippen LogP contribution in [0.5, 0.6) is 0 Å². The molecule has 12 heteroatoms. The van der Waals surface area contributed by atoms with Gasteiger partial charge >= 0.3 is 17.8 Å². The van der Waals surface area contributed by atoms with Crippen molar-refractivity contribution in [3.05, 3.63) is 0 Å². The van der Waals surface area contributed by atoms with Crippen molar-refractivity contribution in [1.82, 2.24) is 29.4 Å². The summed E-state index contributed by atoms with van der Waals surface area (Å²) in [6, 6.07) is 0. The summed E-state index contributed by atoms with van der Waals surface area (Å²) in [5.41, 5.74) is 0. The molecule has 0 radical (unpaired) electrons. The normalized spacial score (nSPS) is 13.1. The average molecular weight is 436 g/mol. The SMILES string of the molecule is CCO[N+](C)(OCC)c1nc([N+](C)(OCC)OCC)nc([N+](C)(OCC)OCC)n1. The minimum Gasteiger partial charge on any atom is -0.160 e. The molecule has 0 aliphatic heterocycles. The number of rotatable bonds is 15. The number of aromatic nitrogens is 3. The van der Waals surface area contributed by atoms with Crippen LogP contribution in [0.2, 0.25) is 0 Å². The summed E-state index contributed by atoms with van der Waals surface area (Å²) in [6.07, 6.45) is 0. The van der Waals surface area contributed by atoms with E-state index in [9.17, 15) is 0 Å². The van der Waals surface area contributed by atoms with Crippen LogP contribution in [0.3, 0.4) is 0 Å². The Labute approximate surface area is 179 Å². The third-order valence-corrected chi connectivity index (χ3v) is 3.94. The van der Waals surface area contributed by atoms with Gasteiger partial charge in [-0.3, -0.25) is 0 Å². The molecule has 0 N–H and O–H groups in total.